The van der Waals surface area contributed by atoms with Gasteiger partial charge in [-0.25, -0.2) is 9.97 Å². The molecule has 5 heterocycles. The first-order valence-corrected chi connectivity index (χ1v) is 24.5. The van der Waals surface area contributed by atoms with Crippen molar-refractivity contribution in [1.29, 1.82) is 0 Å². The normalized spacial score (nSPS) is 13.9. The van der Waals surface area contributed by atoms with Gasteiger partial charge in [0.05, 0.1) is 58.8 Å². The van der Waals surface area contributed by atoms with Crippen LogP contribution in [-0.2, 0) is 20.4 Å². The summed E-state index contributed by atoms with van der Waals surface area (Å²) in [5, 5.41) is 2.99. The first kappa shape index (κ1) is 49.5. The standard InChI is InChI=1S/C56H64N8O4.Pd/c1-29(2)25-33(9)65-41-21-13-17-37-45(41)53-57-49(37)62-54-47-39(19-15-23-43(47)67-35(11)27-31(5)6)51(59-54)64-56-48-40(20-16-24-44(48)68-36(12)28-32(7)8)52(60-56)63-55-46-38(50(58-55)61-53)18-14-22-42(46)66-34(10)26-30(3)4;/h13-24,29-36H,25-28H2,1-12H3;/q-2;+2. The molecule has 7 aromatic rings. The Balaban J connectivity index is 0.00000642. The average Bonchev–Trinajstić information content (AvgIpc) is 3.99. The molecule has 0 amide bonds. The molecule has 4 atom stereocenters. The van der Waals surface area contributed by atoms with Gasteiger partial charge in [-0.2, -0.15) is 0 Å². The molecule has 0 aliphatic carbocycles. The number of aromatic nitrogens is 8. The third kappa shape index (κ3) is 10.5. The minimum atomic E-state index is -0.0699. The van der Waals surface area contributed by atoms with E-state index in [0.717, 1.165) is 69.5 Å². The zero-order chi connectivity index (χ0) is 48.0. The number of benzene rings is 4. The number of hydrogen-bond donors (Lipinski definition) is 0. The Hall–Kier alpha value is -5.90. The summed E-state index contributed by atoms with van der Waals surface area (Å²) in [5.41, 5.74) is 4.70. The fourth-order valence-corrected chi connectivity index (χ4v) is 9.83. The van der Waals surface area contributed by atoms with E-state index in [0.29, 0.717) is 92.6 Å². The Morgan fingerprint density at radius 3 is 1.01 bits per heavy atom. The van der Waals surface area contributed by atoms with Crippen LogP contribution in [0.1, 0.15) is 109 Å². The van der Waals surface area contributed by atoms with Gasteiger partial charge in [0.25, 0.3) is 0 Å². The van der Waals surface area contributed by atoms with Gasteiger partial charge in [0.15, 0.2) is 0 Å². The second-order valence-corrected chi connectivity index (χ2v) is 20.4. The molecule has 0 N–H and O–H groups in total. The van der Waals surface area contributed by atoms with Crippen LogP contribution in [0.25, 0.3) is 89.7 Å². The van der Waals surface area contributed by atoms with Crippen LogP contribution >= 0.6 is 0 Å². The van der Waals surface area contributed by atoms with Crippen LogP contribution in [0.4, 0.5) is 0 Å². The number of hydrogen-bond acceptors (Lipinski definition) is 10. The van der Waals surface area contributed by atoms with Crippen molar-refractivity contribution in [3.8, 4) is 68.5 Å². The zero-order valence-electron chi connectivity index (χ0n) is 41.9. The molecule has 8 bridgehead atoms. The van der Waals surface area contributed by atoms with Crippen LogP contribution in [0.15, 0.2) is 72.8 Å². The van der Waals surface area contributed by atoms with E-state index < -0.39 is 0 Å². The van der Waals surface area contributed by atoms with Gasteiger partial charge in [-0.15, -0.1) is 0 Å². The molecule has 3 aromatic heterocycles. The molecule has 0 radical (unpaired) electrons. The molecule has 4 aromatic carbocycles. The largest absolute Gasteiger partial charge is 2.00 e. The quantitative estimate of drug-likeness (QED) is 0.0850. The number of rotatable bonds is 16. The SMILES string of the molecule is CC(C)CC(C)Oc1cccc2c1-c1nc-2nc2[n-]c(nc3nc(nc4[n-]c(n1)c1cccc(OC(C)CC(C)C)c41)-c1cccc(OC(C)CC(C)C)c1-3)c1cccc(OC(C)CC(C)C)c21.[Pd+2]. The molecular formula is C56H64N8O4Pd. The maximum absolute atomic E-state index is 6.74. The van der Waals surface area contributed by atoms with Crippen LogP contribution in [0.3, 0.4) is 0 Å². The number of nitrogens with zero attached hydrogens (tertiary/aromatic N) is 8. The summed E-state index contributed by atoms with van der Waals surface area (Å²) in [6.07, 6.45) is 3.21. The molecule has 0 fully saturated rings. The van der Waals surface area contributed by atoms with Crippen LogP contribution in [0.5, 0.6) is 23.0 Å². The summed E-state index contributed by atoms with van der Waals surface area (Å²) in [6.45, 7) is 26.0. The van der Waals surface area contributed by atoms with Gasteiger partial charge in [0.1, 0.15) is 23.0 Å². The predicted molar refractivity (Wildman–Crippen MR) is 272 cm³/mol. The van der Waals surface area contributed by atoms with Crippen molar-refractivity contribution >= 4 is 44.1 Å². The summed E-state index contributed by atoms with van der Waals surface area (Å²) in [5.74, 6) is 6.12. The third-order valence-electron chi connectivity index (χ3n) is 12.2. The Morgan fingerprint density at radius 2 is 0.667 bits per heavy atom. The maximum Gasteiger partial charge on any atom is 2.00 e. The topological polar surface area (TPSA) is 142 Å². The van der Waals surface area contributed by atoms with Crippen LogP contribution in [-0.4, -0.2) is 54.3 Å². The van der Waals surface area contributed by atoms with Crippen molar-refractivity contribution in [1.82, 2.24) is 39.9 Å². The van der Waals surface area contributed by atoms with Gasteiger partial charge in [-0.05, 0) is 112 Å². The van der Waals surface area contributed by atoms with E-state index >= 15 is 0 Å². The second-order valence-electron chi connectivity index (χ2n) is 20.4. The van der Waals surface area contributed by atoms with E-state index in [1.54, 1.807) is 0 Å². The van der Waals surface area contributed by atoms with E-state index in [1.165, 1.54) is 0 Å². The second kappa shape index (κ2) is 20.6. The molecule has 13 heteroatoms. The fourth-order valence-electron chi connectivity index (χ4n) is 9.83. The smallest absolute Gasteiger partial charge is 0.490 e. The summed E-state index contributed by atoms with van der Waals surface area (Å²) in [4.78, 5) is 42.2. The Kier molecular flexibility index (Phi) is 14.8. The van der Waals surface area contributed by atoms with Crippen LogP contribution in [0, 0.1) is 23.7 Å². The summed E-state index contributed by atoms with van der Waals surface area (Å²) >= 11 is 0. The summed E-state index contributed by atoms with van der Waals surface area (Å²) in [6, 6.07) is 23.9. The first-order chi connectivity index (χ1) is 32.6. The van der Waals surface area contributed by atoms with Gasteiger partial charge in [-0.3, -0.25) is 0 Å². The monoisotopic (exact) mass is 1020 g/mol. The molecule has 9 rings (SSSR count). The molecule has 362 valence electrons. The first-order valence-electron chi connectivity index (χ1n) is 24.5. The van der Waals surface area contributed by atoms with Gasteiger partial charge in [-0.1, -0.05) is 104 Å². The Bertz CT molecular complexity index is 2950. The van der Waals surface area contributed by atoms with Crippen LogP contribution < -0.4 is 28.9 Å². The van der Waals surface area contributed by atoms with E-state index in [9.17, 15) is 0 Å². The number of ether oxygens (including phenoxy) is 4. The van der Waals surface area contributed by atoms with E-state index in [4.69, 9.17) is 58.8 Å². The van der Waals surface area contributed by atoms with Gasteiger partial charge in [0, 0.05) is 44.5 Å². The van der Waals surface area contributed by atoms with E-state index in [1.807, 2.05) is 72.8 Å². The molecule has 2 aliphatic rings. The summed E-state index contributed by atoms with van der Waals surface area (Å²) in [7, 11) is 0. The van der Waals surface area contributed by atoms with Crippen molar-refractivity contribution in [2.45, 2.75) is 133 Å². The minimum Gasteiger partial charge on any atom is -0.490 e. The molecular weight excluding hydrogens is 955 g/mol. The molecule has 0 spiro atoms. The maximum atomic E-state index is 6.74. The van der Waals surface area contributed by atoms with Crippen LogP contribution in [0.2, 0.25) is 0 Å². The molecule has 12 nitrogen and oxygen atoms in total. The van der Waals surface area contributed by atoms with Crippen molar-refractivity contribution < 1.29 is 39.4 Å². The minimum absolute atomic E-state index is 0. The fraction of sp³-hybridized carbons (Fsp3) is 0.429. The zero-order valence-corrected chi connectivity index (χ0v) is 43.5. The molecule has 4 unspecified atom stereocenters. The van der Waals surface area contributed by atoms with Gasteiger partial charge < -0.3 is 48.9 Å². The molecule has 69 heavy (non-hydrogen) atoms. The van der Waals surface area contributed by atoms with Crippen molar-refractivity contribution in [2.75, 3.05) is 0 Å². The molecule has 0 saturated carbocycles. The van der Waals surface area contributed by atoms with Gasteiger partial charge >= 0.3 is 20.4 Å². The number of fused-ring (bicyclic) bond motifs is 20. The van der Waals surface area contributed by atoms with Crippen molar-refractivity contribution in [3.05, 3.63) is 72.8 Å². The Morgan fingerprint density at radius 1 is 0.362 bits per heavy atom. The van der Waals surface area contributed by atoms with Crippen molar-refractivity contribution in [3.63, 3.8) is 0 Å². The van der Waals surface area contributed by atoms with Gasteiger partial charge in [0.2, 0.25) is 0 Å². The average molecular weight is 1020 g/mol. The predicted octanol–water partition coefficient (Wildman–Crippen LogP) is 13.4. The Labute approximate surface area is 419 Å². The summed E-state index contributed by atoms with van der Waals surface area (Å²) < 4.78 is 27.0. The molecule has 2 aliphatic heterocycles. The van der Waals surface area contributed by atoms with E-state index in [-0.39, 0.29) is 44.8 Å². The third-order valence-corrected chi connectivity index (χ3v) is 12.2. The van der Waals surface area contributed by atoms with Crippen molar-refractivity contribution in [2.24, 2.45) is 23.7 Å². The molecule has 0 saturated heterocycles. The van der Waals surface area contributed by atoms with E-state index in [2.05, 4.69) is 83.1 Å².